The second-order valence-electron chi connectivity index (χ2n) is 5.50. The SMILES string of the molecule is COc1cc(C)c(S(=O)(=O)N[C@H](C=O)C(C)C)c(C)c1C. The van der Waals surface area contributed by atoms with Crippen LogP contribution in [0.4, 0.5) is 0 Å². The first-order valence-electron chi connectivity index (χ1n) is 6.78. The van der Waals surface area contributed by atoms with Gasteiger partial charge in [0.25, 0.3) is 0 Å². The Labute approximate surface area is 126 Å². The summed E-state index contributed by atoms with van der Waals surface area (Å²) >= 11 is 0. The van der Waals surface area contributed by atoms with Crippen molar-refractivity contribution < 1.29 is 17.9 Å². The highest BCUT2D eigenvalue weighted by atomic mass is 32.2. The lowest BCUT2D eigenvalue weighted by Gasteiger charge is -2.20. The summed E-state index contributed by atoms with van der Waals surface area (Å²) in [6.45, 7) is 8.85. The number of ether oxygens (including phenoxy) is 1. The van der Waals surface area contributed by atoms with Gasteiger partial charge >= 0.3 is 0 Å². The monoisotopic (exact) mass is 313 g/mol. The van der Waals surface area contributed by atoms with Crippen LogP contribution in [0.15, 0.2) is 11.0 Å². The van der Waals surface area contributed by atoms with Crippen molar-refractivity contribution in [3.8, 4) is 5.75 Å². The molecule has 5 nitrogen and oxygen atoms in total. The van der Waals surface area contributed by atoms with Gasteiger partial charge in [0.1, 0.15) is 12.0 Å². The van der Waals surface area contributed by atoms with Crippen LogP contribution in [0, 0.1) is 26.7 Å². The molecule has 0 radical (unpaired) electrons. The highest BCUT2D eigenvalue weighted by Gasteiger charge is 2.26. The van der Waals surface area contributed by atoms with E-state index in [9.17, 15) is 13.2 Å². The summed E-state index contributed by atoms with van der Waals surface area (Å²) in [6, 6.07) is 0.957. The van der Waals surface area contributed by atoms with Crippen LogP contribution >= 0.6 is 0 Å². The van der Waals surface area contributed by atoms with E-state index in [-0.39, 0.29) is 10.8 Å². The molecule has 0 saturated heterocycles. The van der Waals surface area contributed by atoms with Gasteiger partial charge in [0.05, 0.1) is 18.0 Å². The molecule has 0 unspecified atom stereocenters. The number of hydrogen-bond donors (Lipinski definition) is 1. The Balaban J connectivity index is 3.39. The molecule has 21 heavy (non-hydrogen) atoms. The summed E-state index contributed by atoms with van der Waals surface area (Å²) in [5.74, 6) is 0.539. The minimum absolute atomic E-state index is 0.114. The fraction of sp³-hybridized carbons (Fsp3) is 0.533. The normalized spacial score (nSPS) is 13.3. The van der Waals surface area contributed by atoms with Crippen molar-refractivity contribution >= 4 is 16.3 Å². The first-order valence-corrected chi connectivity index (χ1v) is 8.26. The molecule has 6 heteroatoms. The summed E-state index contributed by atoms with van der Waals surface area (Å²) < 4.78 is 32.9. The van der Waals surface area contributed by atoms with Gasteiger partial charge in [0.15, 0.2) is 0 Å². The van der Waals surface area contributed by atoms with Gasteiger partial charge in [-0.3, -0.25) is 0 Å². The number of nitrogens with one attached hydrogen (secondary N) is 1. The van der Waals surface area contributed by atoms with Crippen molar-refractivity contribution in [2.24, 2.45) is 5.92 Å². The second-order valence-corrected chi connectivity index (χ2v) is 7.15. The molecule has 0 aliphatic rings. The first-order chi connectivity index (χ1) is 9.65. The van der Waals surface area contributed by atoms with E-state index in [1.54, 1.807) is 40.9 Å². The van der Waals surface area contributed by atoms with Crippen LogP contribution in [0.5, 0.6) is 5.75 Å². The van der Waals surface area contributed by atoms with Gasteiger partial charge in [-0.1, -0.05) is 13.8 Å². The number of sulfonamides is 1. The van der Waals surface area contributed by atoms with Crippen molar-refractivity contribution in [3.05, 3.63) is 22.8 Å². The molecule has 0 aromatic heterocycles. The van der Waals surface area contributed by atoms with Crippen molar-refractivity contribution in [2.45, 2.75) is 45.6 Å². The molecule has 1 atom stereocenters. The Morgan fingerprint density at radius 2 is 1.76 bits per heavy atom. The summed E-state index contributed by atoms with van der Waals surface area (Å²) in [7, 11) is -2.21. The molecule has 0 heterocycles. The first kappa shape index (κ1) is 17.7. The minimum Gasteiger partial charge on any atom is -0.496 e. The Morgan fingerprint density at radius 3 is 2.19 bits per heavy atom. The summed E-state index contributed by atoms with van der Waals surface area (Å²) in [5.41, 5.74) is 2.00. The molecule has 1 N–H and O–H groups in total. The Kier molecular flexibility index (Phi) is 5.53. The van der Waals surface area contributed by atoms with Crippen molar-refractivity contribution in [2.75, 3.05) is 7.11 Å². The third-order valence-electron chi connectivity index (χ3n) is 3.62. The number of hydrogen-bond acceptors (Lipinski definition) is 4. The number of carbonyl (C=O) groups is 1. The summed E-state index contributed by atoms with van der Waals surface area (Å²) in [4.78, 5) is 11.3. The minimum atomic E-state index is -3.76. The number of carbonyl (C=O) groups excluding carboxylic acids is 1. The van der Waals surface area contributed by atoms with Crippen LogP contribution in [0.1, 0.15) is 30.5 Å². The van der Waals surface area contributed by atoms with Crippen LogP contribution in [-0.2, 0) is 14.8 Å². The molecule has 0 amide bonds. The molecule has 0 spiro atoms. The third-order valence-corrected chi connectivity index (χ3v) is 5.37. The van der Waals surface area contributed by atoms with Crippen LogP contribution in [-0.4, -0.2) is 27.9 Å². The molecule has 1 rings (SSSR count). The summed E-state index contributed by atoms with van der Waals surface area (Å²) in [6.07, 6.45) is 0.628. The lowest BCUT2D eigenvalue weighted by Crippen LogP contribution is -2.40. The number of rotatable bonds is 6. The quantitative estimate of drug-likeness (QED) is 0.817. The predicted octanol–water partition coefficient (Wildman–Crippen LogP) is 2.12. The van der Waals surface area contributed by atoms with Gasteiger partial charge in [-0.15, -0.1) is 0 Å². The van der Waals surface area contributed by atoms with Gasteiger partial charge in [-0.25, -0.2) is 13.1 Å². The van der Waals surface area contributed by atoms with Crippen LogP contribution in [0.25, 0.3) is 0 Å². The number of benzene rings is 1. The van der Waals surface area contributed by atoms with Gasteiger partial charge < -0.3 is 9.53 Å². The van der Waals surface area contributed by atoms with E-state index in [4.69, 9.17) is 4.74 Å². The van der Waals surface area contributed by atoms with Crippen molar-refractivity contribution in [3.63, 3.8) is 0 Å². The molecular weight excluding hydrogens is 290 g/mol. The summed E-state index contributed by atoms with van der Waals surface area (Å²) in [5, 5.41) is 0. The van der Waals surface area contributed by atoms with E-state index in [0.717, 1.165) is 5.56 Å². The van der Waals surface area contributed by atoms with Crippen molar-refractivity contribution in [1.29, 1.82) is 0 Å². The number of methoxy groups -OCH3 is 1. The fourth-order valence-electron chi connectivity index (χ4n) is 2.21. The molecule has 0 saturated carbocycles. The lowest BCUT2D eigenvalue weighted by molar-refractivity contribution is -0.110. The average molecular weight is 313 g/mol. The van der Waals surface area contributed by atoms with Gasteiger partial charge in [0.2, 0.25) is 10.0 Å². The molecule has 0 aliphatic carbocycles. The van der Waals surface area contributed by atoms with Gasteiger partial charge in [-0.2, -0.15) is 0 Å². The molecule has 118 valence electrons. The molecule has 0 fully saturated rings. The smallest absolute Gasteiger partial charge is 0.241 e. The standard InChI is InChI=1S/C15H23NO4S/c1-9(2)13(8-17)16-21(18,19)15-10(3)7-14(20-6)11(4)12(15)5/h7-9,13,16H,1-6H3/t13-/m1/s1. The largest absolute Gasteiger partial charge is 0.496 e. The van der Waals surface area contributed by atoms with Crippen LogP contribution in [0.2, 0.25) is 0 Å². The number of aryl methyl sites for hydroxylation is 1. The highest BCUT2D eigenvalue weighted by molar-refractivity contribution is 7.89. The topological polar surface area (TPSA) is 72.5 Å². The van der Waals surface area contributed by atoms with Gasteiger partial charge in [0, 0.05) is 0 Å². The maximum Gasteiger partial charge on any atom is 0.241 e. The van der Waals surface area contributed by atoms with Crippen molar-refractivity contribution in [1.82, 2.24) is 4.72 Å². The highest BCUT2D eigenvalue weighted by Crippen LogP contribution is 2.30. The fourth-order valence-corrected chi connectivity index (χ4v) is 4.05. The van der Waals surface area contributed by atoms with Gasteiger partial charge in [-0.05, 0) is 49.4 Å². The Bertz CT molecular complexity index is 636. The zero-order valence-corrected chi connectivity index (χ0v) is 14.2. The maximum absolute atomic E-state index is 12.6. The Hall–Kier alpha value is -1.40. The van der Waals surface area contributed by atoms with E-state index in [2.05, 4.69) is 4.72 Å². The third kappa shape index (κ3) is 3.63. The lowest BCUT2D eigenvalue weighted by atomic mass is 10.1. The van der Waals surface area contributed by atoms with E-state index >= 15 is 0 Å². The average Bonchev–Trinajstić information content (AvgIpc) is 2.39. The maximum atomic E-state index is 12.6. The molecule has 0 aliphatic heterocycles. The predicted molar refractivity (Wildman–Crippen MR) is 82.2 cm³/mol. The molecular formula is C15H23NO4S. The zero-order valence-electron chi connectivity index (χ0n) is 13.4. The van der Waals surface area contributed by atoms with E-state index in [0.29, 0.717) is 23.2 Å². The molecule has 1 aromatic carbocycles. The van der Waals surface area contributed by atoms with E-state index < -0.39 is 16.1 Å². The van der Waals surface area contributed by atoms with Crippen LogP contribution in [0.3, 0.4) is 0 Å². The Morgan fingerprint density at radius 1 is 1.19 bits per heavy atom. The van der Waals surface area contributed by atoms with Crippen LogP contribution < -0.4 is 9.46 Å². The second kappa shape index (κ2) is 6.58. The number of aldehydes is 1. The van der Waals surface area contributed by atoms with E-state index in [1.165, 1.54) is 0 Å². The van der Waals surface area contributed by atoms with E-state index in [1.807, 2.05) is 6.92 Å². The zero-order chi connectivity index (χ0) is 16.4. The molecule has 0 bridgehead atoms. The molecule has 1 aromatic rings.